The molecule has 96 valence electrons. The Bertz CT molecular complexity index is 475. The van der Waals surface area contributed by atoms with E-state index >= 15 is 0 Å². The number of nitro benzene ring substituents is 2. The van der Waals surface area contributed by atoms with Crippen LogP contribution in [0.5, 0.6) is 5.75 Å². The molecule has 2 rings (SSSR count). The van der Waals surface area contributed by atoms with Crippen molar-refractivity contribution in [3.63, 3.8) is 0 Å². The van der Waals surface area contributed by atoms with Gasteiger partial charge in [-0.05, 0) is 31.2 Å². The number of benzene rings is 1. The van der Waals surface area contributed by atoms with Gasteiger partial charge in [-0.1, -0.05) is 0 Å². The Labute approximate surface area is 103 Å². The molecule has 1 saturated carbocycles. The predicted molar refractivity (Wildman–Crippen MR) is 62.9 cm³/mol. The van der Waals surface area contributed by atoms with Crippen LogP contribution in [0.1, 0.15) is 31.2 Å². The summed E-state index contributed by atoms with van der Waals surface area (Å²) in [6, 6.07) is 2.77. The summed E-state index contributed by atoms with van der Waals surface area (Å²) >= 11 is 0. The molecule has 0 heterocycles. The maximum Gasteiger partial charge on any atom is 0.318 e. The summed E-state index contributed by atoms with van der Waals surface area (Å²) in [6.45, 7) is 1.77. The first-order valence-electron chi connectivity index (χ1n) is 5.64. The highest BCUT2D eigenvalue weighted by Crippen LogP contribution is 2.46. The molecule has 0 N–H and O–H groups in total. The van der Waals surface area contributed by atoms with E-state index < -0.39 is 9.85 Å². The first-order valence-corrected chi connectivity index (χ1v) is 5.64. The average molecular weight is 252 g/mol. The van der Waals surface area contributed by atoms with E-state index in [0.29, 0.717) is 5.56 Å². The fourth-order valence-electron chi connectivity index (χ4n) is 1.84. The summed E-state index contributed by atoms with van der Waals surface area (Å²) in [7, 11) is 0. The van der Waals surface area contributed by atoms with Gasteiger partial charge in [0.2, 0.25) is 0 Å². The molecule has 1 aromatic rings. The van der Waals surface area contributed by atoms with Crippen molar-refractivity contribution < 1.29 is 14.6 Å². The SMILES string of the molecule is CCOc1c([N+](=O)[O-])cc(C2CC2)cc1[N+](=O)[O-]. The third-order valence-corrected chi connectivity index (χ3v) is 2.80. The topological polar surface area (TPSA) is 95.5 Å². The quantitative estimate of drug-likeness (QED) is 0.593. The van der Waals surface area contributed by atoms with Crippen molar-refractivity contribution in [2.24, 2.45) is 0 Å². The van der Waals surface area contributed by atoms with Crippen LogP contribution >= 0.6 is 0 Å². The van der Waals surface area contributed by atoms with E-state index in [-0.39, 0.29) is 29.6 Å². The maximum atomic E-state index is 11.0. The first kappa shape index (κ1) is 12.3. The van der Waals surface area contributed by atoms with E-state index in [2.05, 4.69) is 0 Å². The summed E-state index contributed by atoms with van der Waals surface area (Å²) in [5.74, 6) is -0.0463. The van der Waals surface area contributed by atoms with Gasteiger partial charge in [0, 0.05) is 12.1 Å². The van der Waals surface area contributed by atoms with Crippen molar-refractivity contribution in [1.82, 2.24) is 0 Å². The van der Waals surface area contributed by atoms with Gasteiger partial charge >= 0.3 is 11.4 Å². The van der Waals surface area contributed by atoms with Crippen LogP contribution in [0.2, 0.25) is 0 Å². The largest absolute Gasteiger partial charge is 0.482 e. The van der Waals surface area contributed by atoms with Gasteiger partial charge < -0.3 is 4.74 Å². The zero-order valence-corrected chi connectivity index (χ0v) is 9.79. The molecule has 0 bridgehead atoms. The number of rotatable bonds is 5. The standard InChI is InChI=1S/C11H12N2O5/c1-2-18-11-9(12(14)15)5-8(7-3-4-7)6-10(11)13(16)17/h5-7H,2-4H2,1H3. The Morgan fingerprint density at radius 3 is 2.06 bits per heavy atom. The van der Waals surface area contributed by atoms with Gasteiger partial charge in [-0.15, -0.1) is 0 Å². The van der Waals surface area contributed by atoms with Crippen LogP contribution < -0.4 is 4.74 Å². The predicted octanol–water partition coefficient (Wildman–Crippen LogP) is 2.78. The lowest BCUT2D eigenvalue weighted by Crippen LogP contribution is -2.03. The summed E-state index contributed by atoms with van der Waals surface area (Å²) in [6.07, 6.45) is 1.84. The maximum absolute atomic E-state index is 11.0. The van der Waals surface area contributed by atoms with Gasteiger partial charge in [0.25, 0.3) is 5.75 Å². The highest BCUT2D eigenvalue weighted by Gasteiger charge is 2.33. The molecule has 0 radical (unpaired) electrons. The van der Waals surface area contributed by atoms with Gasteiger partial charge in [-0.2, -0.15) is 0 Å². The van der Waals surface area contributed by atoms with Gasteiger partial charge in [-0.25, -0.2) is 0 Å². The number of nitrogens with zero attached hydrogens (tertiary/aromatic N) is 2. The summed E-state index contributed by atoms with van der Waals surface area (Å²) in [4.78, 5) is 20.7. The molecule has 0 aliphatic heterocycles. The second kappa shape index (κ2) is 4.59. The molecule has 0 amide bonds. The van der Waals surface area contributed by atoms with Crippen molar-refractivity contribution in [2.75, 3.05) is 6.61 Å². The highest BCUT2D eigenvalue weighted by atomic mass is 16.6. The molecule has 18 heavy (non-hydrogen) atoms. The molecule has 0 unspecified atom stereocenters. The van der Waals surface area contributed by atoms with Gasteiger partial charge in [0.15, 0.2) is 0 Å². The molecule has 1 fully saturated rings. The Morgan fingerprint density at radius 2 is 1.72 bits per heavy atom. The van der Waals surface area contributed by atoms with E-state index in [0.717, 1.165) is 12.8 Å². The monoisotopic (exact) mass is 252 g/mol. The smallest absolute Gasteiger partial charge is 0.318 e. The molecule has 1 aliphatic carbocycles. The third kappa shape index (κ3) is 2.24. The lowest BCUT2D eigenvalue weighted by atomic mass is 10.1. The summed E-state index contributed by atoms with van der Waals surface area (Å²) in [5.41, 5.74) is -0.00208. The zero-order chi connectivity index (χ0) is 13.3. The Balaban J connectivity index is 2.59. The van der Waals surface area contributed by atoms with E-state index in [9.17, 15) is 20.2 Å². The lowest BCUT2D eigenvalue weighted by Gasteiger charge is -2.07. The lowest BCUT2D eigenvalue weighted by molar-refractivity contribution is -0.396. The van der Waals surface area contributed by atoms with Crippen molar-refractivity contribution >= 4 is 11.4 Å². The van der Waals surface area contributed by atoms with Crippen molar-refractivity contribution in [3.05, 3.63) is 37.9 Å². The van der Waals surface area contributed by atoms with E-state index in [1.54, 1.807) is 6.92 Å². The van der Waals surface area contributed by atoms with Gasteiger partial charge in [0.1, 0.15) is 0 Å². The minimum Gasteiger partial charge on any atom is -0.482 e. The Morgan fingerprint density at radius 1 is 1.22 bits per heavy atom. The molecule has 0 atom stereocenters. The average Bonchev–Trinajstić information content (AvgIpc) is 3.12. The number of ether oxygens (including phenoxy) is 1. The molecule has 1 aromatic carbocycles. The van der Waals surface area contributed by atoms with Crippen LogP contribution in [0.25, 0.3) is 0 Å². The van der Waals surface area contributed by atoms with Crippen LogP contribution in [-0.2, 0) is 0 Å². The highest BCUT2D eigenvalue weighted by molar-refractivity contribution is 5.62. The minimum absolute atomic E-state index is 0.143. The summed E-state index contributed by atoms with van der Waals surface area (Å²) in [5, 5.41) is 21.9. The molecular formula is C11H12N2O5. The van der Waals surface area contributed by atoms with Crippen molar-refractivity contribution in [3.8, 4) is 5.75 Å². The van der Waals surface area contributed by atoms with Crippen LogP contribution in [0, 0.1) is 20.2 Å². The second-order valence-corrected chi connectivity index (χ2v) is 4.11. The van der Waals surface area contributed by atoms with E-state index in [1.165, 1.54) is 12.1 Å². The number of hydrogen-bond donors (Lipinski definition) is 0. The third-order valence-electron chi connectivity index (χ3n) is 2.80. The molecule has 7 heteroatoms. The van der Waals surface area contributed by atoms with Crippen LogP contribution in [0.4, 0.5) is 11.4 Å². The van der Waals surface area contributed by atoms with E-state index in [4.69, 9.17) is 4.74 Å². The van der Waals surface area contributed by atoms with Gasteiger partial charge in [0.05, 0.1) is 16.5 Å². The van der Waals surface area contributed by atoms with E-state index in [1.807, 2.05) is 0 Å². The van der Waals surface area contributed by atoms with Crippen LogP contribution in [-0.4, -0.2) is 16.5 Å². The van der Waals surface area contributed by atoms with Crippen molar-refractivity contribution in [1.29, 1.82) is 0 Å². The first-order chi connectivity index (χ1) is 8.54. The molecule has 1 aliphatic rings. The molecule has 0 saturated heterocycles. The Hall–Kier alpha value is -2.18. The summed E-state index contributed by atoms with van der Waals surface area (Å²) < 4.78 is 5.06. The zero-order valence-electron chi connectivity index (χ0n) is 9.79. The fourth-order valence-corrected chi connectivity index (χ4v) is 1.84. The molecular weight excluding hydrogens is 240 g/mol. The van der Waals surface area contributed by atoms with Crippen LogP contribution in [0.15, 0.2) is 12.1 Å². The fraction of sp³-hybridized carbons (Fsp3) is 0.455. The number of nitro groups is 2. The second-order valence-electron chi connectivity index (χ2n) is 4.11. The molecule has 0 aromatic heterocycles. The normalized spacial score (nSPS) is 14.3. The minimum atomic E-state index is -0.635. The van der Waals surface area contributed by atoms with Gasteiger partial charge in [-0.3, -0.25) is 20.2 Å². The molecule has 7 nitrogen and oxygen atoms in total. The van der Waals surface area contributed by atoms with Crippen molar-refractivity contribution in [2.45, 2.75) is 25.7 Å². The Kier molecular flexibility index (Phi) is 3.14. The molecule has 0 spiro atoms. The number of hydrogen-bond acceptors (Lipinski definition) is 5. The van der Waals surface area contributed by atoms with Crippen LogP contribution in [0.3, 0.4) is 0 Å².